The first-order valence-corrected chi connectivity index (χ1v) is 5.28. The molecule has 5 heteroatoms. The molecule has 0 aromatic carbocycles. The third-order valence-corrected chi connectivity index (χ3v) is 2.52. The molecule has 0 saturated heterocycles. The van der Waals surface area contributed by atoms with Crippen LogP contribution in [0.4, 0.5) is 0 Å². The van der Waals surface area contributed by atoms with Crippen molar-refractivity contribution in [2.75, 3.05) is 0 Å². The molecule has 5 nitrogen and oxygen atoms in total. The Bertz CT molecular complexity index is 586. The van der Waals surface area contributed by atoms with Crippen LogP contribution in [0.5, 0.6) is 0 Å². The number of hydrogen-bond acceptors (Lipinski definition) is 3. The summed E-state index contributed by atoms with van der Waals surface area (Å²) in [5.74, 6) is -0.384. The normalized spacial score (nSPS) is 10.6. The second-order valence-electron chi connectivity index (χ2n) is 3.84. The van der Waals surface area contributed by atoms with E-state index in [2.05, 4.69) is 4.98 Å². The molecule has 0 radical (unpaired) electrons. The van der Waals surface area contributed by atoms with E-state index in [1.807, 2.05) is 0 Å². The molecule has 17 heavy (non-hydrogen) atoms. The van der Waals surface area contributed by atoms with E-state index in [0.717, 1.165) is 0 Å². The number of aromatic carboxylic acids is 1. The Labute approximate surface area is 97.7 Å². The zero-order valence-electron chi connectivity index (χ0n) is 9.38. The van der Waals surface area contributed by atoms with Gasteiger partial charge in [0.25, 0.3) is 0 Å². The molecule has 0 fully saturated rings. The average molecular weight is 232 g/mol. The first kappa shape index (κ1) is 11.3. The van der Waals surface area contributed by atoms with Gasteiger partial charge < -0.3 is 14.3 Å². The molecule has 2 aromatic heterocycles. The van der Waals surface area contributed by atoms with E-state index in [-0.39, 0.29) is 11.5 Å². The van der Waals surface area contributed by atoms with Crippen LogP contribution in [0.1, 0.15) is 29.7 Å². The van der Waals surface area contributed by atoms with Crippen molar-refractivity contribution in [1.82, 2.24) is 9.38 Å². The molecule has 0 aliphatic heterocycles. The standard InChI is InChI=1S/C12H12N2O3/c1-8(15)5-6-10-13-11(12(16)17)9-4-2-3-7-14(9)10/h2-4,7H,5-6H2,1H3,(H,16,17). The highest BCUT2D eigenvalue weighted by Gasteiger charge is 2.15. The lowest BCUT2D eigenvalue weighted by Gasteiger charge is -1.98. The van der Waals surface area contributed by atoms with Gasteiger partial charge in [0.2, 0.25) is 0 Å². The highest BCUT2D eigenvalue weighted by Crippen LogP contribution is 2.14. The van der Waals surface area contributed by atoms with Gasteiger partial charge in [0, 0.05) is 19.0 Å². The molecule has 0 atom stereocenters. The number of carboxylic acid groups (broad SMARTS) is 1. The summed E-state index contributed by atoms with van der Waals surface area (Å²) in [5, 5.41) is 9.03. The molecule has 88 valence electrons. The lowest BCUT2D eigenvalue weighted by molar-refractivity contribution is -0.117. The van der Waals surface area contributed by atoms with Crippen LogP contribution in [0.25, 0.3) is 5.52 Å². The number of imidazole rings is 1. The molecule has 2 rings (SSSR count). The number of fused-ring (bicyclic) bond motifs is 1. The highest BCUT2D eigenvalue weighted by atomic mass is 16.4. The molecule has 2 heterocycles. The highest BCUT2D eigenvalue weighted by molar-refractivity contribution is 5.93. The van der Waals surface area contributed by atoms with Gasteiger partial charge in [-0.15, -0.1) is 0 Å². The van der Waals surface area contributed by atoms with Crippen LogP contribution in [-0.2, 0) is 11.2 Å². The van der Waals surface area contributed by atoms with Crippen molar-refractivity contribution < 1.29 is 14.7 Å². The van der Waals surface area contributed by atoms with Crippen molar-refractivity contribution >= 4 is 17.3 Å². The molecule has 0 unspecified atom stereocenters. The summed E-state index contributed by atoms with van der Waals surface area (Å²) in [5.41, 5.74) is 0.586. The first-order valence-electron chi connectivity index (χ1n) is 5.28. The second-order valence-corrected chi connectivity index (χ2v) is 3.84. The average Bonchev–Trinajstić information content (AvgIpc) is 2.65. The van der Waals surface area contributed by atoms with Crippen molar-refractivity contribution in [2.24, 2.45) is 0 Å². The number of carboxylic acids is 1. The molecule has 0 saturated carbocycles. The van der Waals surface area contributed by atoms with Crippen molar-refractivity contribution in [2.45, 2.75) is 19.8 Å². The fraction of sp³-hybridized carbons (Fsp3) is 0.250. The number of hydrogen-bond donors (Lipinski definition) is 1. The Morgan fingerprint density at radius 2 is 2.18 bits per heavy atom. The van der Waals surface area contributed by atoms with Gasteiger partial charge in [-0.1, -0.05) is 6.07 Å². The van der Waals surface area contributed by atoms with Gasteiger partial charge in [0.15, 0.2) is 5.69 Å². The maximum Gasteiger partial charge on any atom is 0.356 e. The third-order valence-electron chi connectivity index (χ3n) is 2.52. The summed E-state index contributed by atoms with van der Waals surface area (Å²) >= 11 is 0. The number of carbonyl (C=O) groups is 2. The molecule has 0 amide bonds. The third kappa shape index (κ3) is 2.18. The Balaban J connectivity index is 2.49. The summed E-state index contributed by atoms with van der Waals surface area (Å²) < 4.78 is 1.71. The van der Waals surface area contributed by atoms with Gasteiger partial charge in [-0.25, -0.2) is 9.78 Å². The van der Waals surface area contributed by atoms with Crippen molar-refractivity contribution in [3.8, 4) is 0 Å². The van der Waals surface area contributed by atoms with Crippen LogP contribution in [0.3, 0.4) is 0 Å². The molecule has 0 aliphatic rings. The van der Waals surface area contributed by atoms with Crippen LogP contribution < -0.4 is 0 Å². The predicted molar refractivity (Wildman–Crippen MR) is 61.2 cm³/mol. The summed E-state index contributed by atoms with van der Waals surface area (Å²) in [7, 11) is 0. The maximum atomic E-state index is 11.0. The number of nitrogens with zero attached hydrogens (tertiary/aromatic N) is 2. The Morgan fingerprint density at radius 1 is 1.41 bits per heavy atom. The van der Waals surface area contributed by atoms with E-state index in [9.17, 15) is 9.59 Å². The molecule has 0 bridgehead atoms. The van der Waals surface area contributed by atoms with Crippen LogP contribution in [0.2, 0.25) is 0 Å². The Kier molecular flexibility index (Phi) is 2.91. The van der Waals surface area contributed by atoms with Gasteiger partial charge in [-0.2, -0.15) is 0 Å². The van der Waals surface area contributed by atoms with Crippen LogP contribution in [-0.4, -0.2) is 26.2 Å². The topological polar surface area (TPSA) is 71.7 Å². The Hall–Kier alpha value is -2.17. The smallest absolute Gasteiger partial charge is 0.356 e. The quantitative estimate of drug-likeness (QED) is 0.868. The van der Waals surface area contributed by atoms with Crippen LogP contribution >= 0.6 is 0 Å². The number of aryl methyl sites for hydroxylation is 1. The predicted octanol–water partition coefficient (Wildman–Crippen LogP) is 1.55. The molecular formula is C12H12N2O3. The number of Topliss-reactive ketones (excluding diaryl/α,β-unsaturated/α-hetero) is 1. The number of pyridine rings is 1. The number of ketones is 1. The maximum absolute atomic E-state index is 11.0. The monoisotopic (exact) mass is 232 g/mol. The zero-order chi connectivity index (χ0) is 12.4. The lowest BCUT2D eigenvalue weighted by Crippen LogP contribution is -1.99. The van der Waals surface area contributed by atoms with E-state index in [1.54, 1.807) is 28.8 Å². The van der Waals surface area contributed by atoms with Crippen molar-refractivity contribution in [3.05, 3.63) is 35.9 Å². The van der Waals surface area contributed by atoms with Gasteiger partial charge in [-0.3, -0.25) is 0 Å². The SMILES string of the molecule is CC(=O)CCc1nc(C(=O)O)c2ccccn12. The molecule has 1 N–H and O–H groups in total. The molecular weight excluding hydrogens is 220 g/mol. The molecule has 0 spiro atoms. The van der Waals surface area contributed by atoms with Crippen molar-refractivity contribution in [3.63, 3.8) is 0 Å². The van der Waals surface area contributed by atoms with Crippen LogP contribution in [0.15, 0.2) is 24.4 Å². The number of aromatic nitrogens is 2. The van der Waals surface area contributed by atoms with E-state index in [0.29, 0.717) is 24.2 Å². The summed E-state index contributed by atoms with van der Waals surface area (Å²) in [6.07, 6.45) is 2.57. The first-order chi connectivity index (χ1) is 8.09. The Morgan fingerprint density at radius 3 is 2.82 bits per heavy atom. The molecule has 0 aliphatic carbocycles. The van der Waals surface area contributed by atoms with Gasteiger partial charge in [-0.05, 0) is 19.1 Å². The number of rotatable bonds is 4. The minimum Gasteiger partial charge on any atom is -0.476 e. The van der Waals surface area contributed by atoms with E-state index in [4.69, 9.17) is 5.11 Å². The van der Waals surface area contributed by atoms with E-state index in [1.165, 1.54) is 6.92 Å². The van der Waals surface area contributed by atoms with Crippen LogP contribution in [0, 0.1) is 0 Å². The van der Waals surface area contributed by atoms with Gasteiger partial charge in [0.1, 0.15) is 11.6 Å². The minimum atomic E-state index is -1.05. The van der Waals surface area contributed by atoms with Gasteiger partial charge >= 0.3 is 5.97 Å². The fourth-order valence-corrected chi connectivity index (χ4v) is 1.72. The largest absolute Gasteiger partial charge is 0.476 e. The summed E-state index contributed by atoms with van der Waals surface area (Å²) in [6, 6.07) is 5.27. The fourth-order valence-electron chi connectivity index (χ4n) is 1.72. The summed E-state index contributed by atoms with van der Waals surface area (Å²) in [4.78, 5) is 26.0. The van der Waals surface area contributed by atoms with E-state index >= 15 is 0 Å². The van der Waals surface area contributed by atoms with Crippen molar-refractivity contribution in [1.29, 1.82) is 0 Å². The second kappa shape index (κ2) is 4.37. The van der Waals surface area contributed by atoms with Gasteiger partial charge in [0.05, 0.1) is 5.52 Å². The van der Waals surface area contributed by atoms with E-state index < -0.39 is 5.97 Å². The molecule has 2 aromatic rings. The summed E-state index contributed by atoms with van der Waals surface area (Å²) in [6.45, 7) is 1.51. The number of carbonyl (C=O) groups excluding carboxylic acids is 1. The zero-order valence-corrected chi connectivity index (χ0v) is 9.38. The minimum absolute atomic E-state index is 0.0316. The lowest BCUT2D eigenvalue weighted by atomic mass is 10.2.